The summed E-state index contributed by atoms with van der Waals surface area (Å²) in [6, 6.07) is 8.92. The number of hydrogen-bond acceptors (Lipinski definition) is 3. The van der Waals surface area contributed by atoms with Crippen molar-refractivity contribution in [3.05, 3.63) is 34.9 Å². The number of halogens is 1. The number of nitrogens with zero attached hydrogens (tertiary/aromatic N) is 1. The summed E-state index contributed by atoms with van der Waals surface area (Å²) in [5, 5.41) is 8.90. The molecule has 1 rings (SSSR count). The molecule has 80 valence electrons. The molecule has 0 saturated heterocycles. The Bertz CT molecular complexity index is 358. The molecule has 0 fully saturated rings. The van der Waals surface area contributed by atoms with E-state index in [9.17, 15) is 4.79 Å². The Balaban J connectivity index is 0.000000288. The van der Waals surface area contributed by atoms with Gasteiger partial charge in [-0.15, -0.1) is 0 Å². The molecule has 0 radical (unpaired) electrons. The Labute approximate surface area is 94.2 Å². The lowest BCUT2D eigenvalue weighted by Gasteiger charge is -1.89. The van der Waals surface area contributed by atoms with E-state index in [1.165, 1.54) is 6.92 Å². The van der Waals surface area contributed by atoms with Gasteiger partial charge in [0.05, 0.1) is 17.2 Å². The van der Waals surface area contributed by atoms with Gasteiger partial charge in [-0.3, -0.25) is 4.79 Å². The summed E-state index contributed by atoms with van der Waals surface area (Å²) in [5.74, 6) is -0.211. The fraction of sp³-hybridized carbons (Fsp3) is 0.273. The minimum atomic E-state index is -0.211. The van der Waals surface area contributed by atoms with Crippen LogP contribution in [0.1, 0.15) is 19.4 Å². The van der Waals surface area contributed by atoms with E-state index in [1.54, 1.807) is 31.2 Å². The Morgan fingerprint density at radius 1 is 1.53 bits per heavy atom. The highest BCUT2D eigenvalue weighted by atomic mass is 35.5. The Hall–Kier alpha value is -1.53. The lowest BCUT2D eigenvalue weighted by molar-refractivity contribution is -0.140. The number of hydrogen-bond donors (Lipinski definition) is 0. The number of ether oxygens (including phenoxy) is 1. The molecule has 0 amide bonds. The molecular weight excluding hydrogens is 214 g/mol. The van der Waals surface area contributed by atoms with Crippen LogP contribution in [0.15, 0.2) is 24.3 Å². The molecule has 0 N–H and O–H groups in total. The van der Waals surface area contributed by atoms with Gasteiger partial charge in [0, 0.05) is 6.92 Å². The van der Waals surface area contributed by atoms with E-state index in [1.807, 2.05) is 6.07 Å². The molecule has 1 aromatic rings. The first-order chi connectivity index (χ1) is 7.11. The molecule has 0 aliphatic rings. The molecule has 0 atom stereocenters. The van der Waals surface area contributed by atoms with E-state index >= 15 is 0 Å². The summed E-state index contributed by atoms with van der Waals surface area (Å²) < 4.78 is 4.40. The standard InChI is InChI=1S/C7H4ClN.C4H8O2/c8-7-4-2-1-3-6(7)5-9;1-3-6-4(2)5/h1-4H;3H2,1-2H3. The lowest BCUT2D eigenvalue weighted by Crippen LogP contribution is -1.95. The van der Waals surface area contributed by atoms with Crippen LogP contribution in [-0.2, 0) is 9.53 Å². The number of benzene rings is 1. The topological polar surface area (TPSA) is 50.1 Å². The number of esters is 1. The zero-order valence-electron chi connectivity index (χ0n) is 8.66. The van der Waals surface area contributed by atoms with Crippen LogP contribution in [0.5, 0.6) is 0 Å². The van der Waals surface area contributed by atoms with Gasteiger partial charge in [-0.1, -0.05) is 23.7 Å². The van der Waals surface area contributed by atoms with Crippen LogP contribution in [0.25, 0.3) is 0 Å². The van der Waals surface area contributed by atoms with Crippen molar-refractivity contribution in [2.75, 3.05) is 6.61 Å². The second-order valence-corrected chi connectivity index (χ2v) is 2.92. The SMILES string of the molecule is CCOC(C)=O.N#Cc1ccccc1Cl. The fourth-order valence-electron chi connectivity index (χ4n) is 0.755. The monoisotopic (exact) mass is 225 g/mol. The summed E-state index contributed by atoms with van der Waals surface area (Å²) in [4.78, 5) is 9.82. The molecule has 0 aliphatic carbocycles. The van der Waals surface area contributed by atoms with Crippen molar-refractivity contribution >= 4 is 17.6 Å². The van der Waals surface area contributed by atoms with Gasteiger partial charge in [0.15, 0.2) is 0 Å². The van der Waals surface area contributed by atoms with E-state index in [2.05, 4.69) is 4.74 Å². The molecule has 1 aromatic carbocycles. The van der Waals surface area contributed by atoms with Crippen LogP contribution in [0.3, 0.4) is 0 Å². The summed E-state index contributed by atoms with van der Waals surface area (Å²) in [6.45, 7) is 3.65. The molecule has 0 bridgehead atoms. The van der Waals surface area contributed by atoms with Crippen LogP contribution in [0.2, 0.25) is 5.02 Å². The van der Waals surface area contributed by atoms with Crippen LogP contribution < -0.4 is 0 Å². The predicted octanol–water partition coefficient (Wildman–Crippen LogP) is 2.78. The maximum absolute atomic E-state index is 9.82. The molecule has 4 heteroatoms. The molecule has 15 heavy (non-hydrogen) atoms. The van der Waals surface area contributed by atoms with E-state index in [4.69, 9.17) is 16.9 Å². The highest BCUT2D eigenvalue weighted by molar-refractivity contribution is 6.31. The lowest BCUT2D eigenvalue weighted by atomic mass is 10.2. The maximum atomic E-state index is 9.82. The minimum absolute atomic E-state index is 0.211. The second-order valence-electron chi connectivity index (χ2n) is 2.52. The Morgan fingerprint density at radius 3 is 2.40 bits per heavy atom. The van der Waals surface area contributed by atoms with Gasteiger partial charge in [-0.25, -0.2) is 0 Å². The van der Waals surface area contributed by atoms with Gasteiger partial charge in [0.25, 0.3) is 0 Å². The number of rotatable bonds is 1. The normalized spacial score (nSPS) is 8.13. The van der Waals surface area contributed by atoms with Crippen molar-refractivity contribution in [3.8, 4) is 6.07 Å². The smallest absolute Gasteiger partial charge is 0.302 e. The van der Waals surface area contributed by atoms with Crippen molar-refractivity contribution in [1.82, 2.24) is 0 Å². The first-order valence-electron chi connectivity index (χ1n) is 4.39. The van der Waals surface area contributed by atoms with Crippen molar-refractivity contribution in [1.29, 1.82) is 5.26 Å². The predicted molar refractivity (Wildman–Crippen MR) is 58.5 cm³/mol. The largest absolute Gasteiger partial charge is 0.466 e. The molecule has 0 saturated carbocycles. The minimum Gasteiger partial charge on any atom is -0.466 e. The molecule has 3 nitrogen and oxygen atoms in total. The third kappa shape index (κ3) is 6.53. The van der Waals surface area contributed by atoms with Crippen molar-refractivity contribution in [3.63, 3.8) is 0 Å². The molecule has 0 aliphatic heterocycles. The van der Waals surface area contributed by atoms with Crippen LogP contribution in [0, 0.1) is 11.3 Å². The summed E-state index contributed by atoms with van der Waals surface area (Å²) in [5.41, 5.74) is 0.527. The van der Waals surface area contributed by atoms with Gasteiger partial charge in [-0.2, -0.15) is 5.26 Å². The van der Waals surface area contributed by atoms with E-state index in [0.717, 1.165) is 0 Å². The van der Waals surface area contributed by atoms with Crippen molar-refractivity contribution < 1.29 is 9.53 Å². The van der Waals surface area contributed by atoms with Gasteiger partial charge in [0.2, 0.25) is 0 Å². The first kappa shape index (κ1) is 13.5. The van der Waals surface area contributed by atoms with E-state index in [-0.39, 0.29) is 5.97 Å². The number of nitriles is 1. The number of carbonyl (C=O) groups is 1. The van der Waals surface area contributed by atoms with Gasteiger partial charge in [-0.05, 0) is 19.1 Å². The quantitative estimate of drug-likeness (QED) is 0.691. The fourth-order valence-corrected chi connectivity index (χ4v) is 0.933. The molecule has 0 unspecified atom stereocenters. The number of carbonyl (C=O) groups excluding carboxylic acids is 1. The summed E-state index contributed by atoms with van der Waals surface area (Å²) >= 11 is 5.60. The zero-order chi connectivity index (χ0) is 11.7. The summed E-state index contributed by atoms with van der Waals surface area (Å²) in [7, 11) is 0. The van der Waals surface area contributed by atoms with Gasteiger partial charge >= 0.3 is 5.97 Å². The Morgan fingerprint density at radius 2 is 2.13 bits per heavy atom. The van der Waals surface area contributed by atoms with E-state index in [0.29, 0.717) is 17.2 Å². The van der Waals surface area contributed by atoms with Crippen molar-refractivity contribution in [2.24, 2.45) is 0 Å². The molecule has 0 heterocycles. The molecule has 0 aromatic heterocycles. The van der Waals surface area contributed by atoms with Gasteiger partial charge < -0.3 is 4.74 Å². The van der Waals surface area contributed by atoms with Crippen LogP contribution in [0.4, 0.5) is 0 Å². The van der Waals surface area contributed by atoms with Crippen molar-refractivity contribution in [2.45, 2.75) is 13.8 Å². The first-order valence-corrected chi connectivity index (χ1v) is 4.77. The third-order valence-corrected chi connectivity index (χ3v) is 1.67. The zero-order valence-corrected chi connectivity index (χ0v) is 9.41. The molecular formula is C11H12ClNO2. The Kier molecular flexibility index (Phi) is 7.04. The third-order valence-electron chi connectivity index (χ3n) is 1.34. The van der Waals surface area contributed by atoms with Gasteiger partial charge in [0.1, 0.15) is 6.07 Å². The second kappa shape index (κ2) is 7.84. The summed E-state index contributed by atoms with van der Waals surface area (Å²) in [6.07, 6.45) is 0. The average Bonchev–Trinajstić information content (AvgIpc) is 2.19. The highest BCUT2D eigenvalue weighted by Gasteiger charge is 1.92. The maximum Gasteiger partial charge on any atom is 0.302 e. The van der Waals surface area contributed by atoms with E-state index < -0.39 is 0 Å². The highest BCUT2D eigenvalue weighted by Crippen LogP contribution is 2.12. The molecule has 0 spiro atoms. The van der Waals surface area contributed by atoms with Crippen LogP contribution in [-0.4, -0.2) is 12.6 Å². The van der Waals surface area contributed by atoms with Crippen LogP contribution >= 0.6 is 11.6 Å². The average molecular weight is 226 g/mol.